The average molecular weight is 350 g/mol. The summed E-state index contributed by atoms with van der Waals surface area (Å²) in [4.78, 5) is 23.4. The Hall–Kier alpha value is -3.34. The van der Waals surface area contributed by atoms with Gasteiger partial charge in [0, 0.05) is 33.5 Å². The second-order valence-corrected chi connectivity index (χ2v) is 6.17. The molecule has 0 fully saturated rings. The zero-order valence-corrected chi connectivity index (χ0v) is 14.8. The van der Waals surface area contributed by atoms with Crippen LogP contribution in [0.4, 0.5) is 0 Å². The number of benzene rings is 2. The fraction of sp³-hybridized carbons (Fsp3) is 0.143. The van der Waals surface area contributed by atoms with E-state index in [0.29, 0.717) is 39.4 Å². The number of carbonyl (C=O) groups excluding carboxylic acids is 2. The molecule has 5 nitrogen and oxygen atoms in total. The lowest BCUT2D eigenvalue weighted by atomic mass is 10.1. The van der Waals surface area contributed by atoms with Crippen LogP contribution < -0.4 is 9.47 Å². The van der Waals surface area contributed by atoms with Crippen LogP contribution >= 0.6 is 0 Å². The van der Waals surface area contributed by atoms with Gasteiger partial charge in [0.05, 0.1) is 0 Å². The van der Waals surface area contributed by atoms with E-state index in [1.165, 1.54) is 0 Å². The molecule has 0 atom stereocenters. The molecule has 0 saturated heterocycles. The first kappa shape index (κ1) is 17.5. The molecule has 0 bridgehead atoms. The molecule has 132 valence electrons. The normalized spacial score (nSPS) is 10.7. The number of hydrogen-bond donors (Lipinski definition) is 0. The van der Waals surface area contributed by atoms with E-state index in [2.05, 4.69) is 13.2 Å². The molecule has 0 N–H and O–H groups in total. The molecule has 0 saturated carbocycles. The first-order valence-corrected chi connectivity index (χ1v) is 7.99. The molecule has 2 aromatic carbocycles. The number of esters is 2. The Bertz CT molecular complexity index is 1080. The third kappa shape index (κ3) is 3.11. The average Bonchev–Trinajstić information content (AvgIpc) is 2.95. The van der Waals surface area contributed by atoms with E-state index in [4.69, 9.17) is 13.9 Å². The van der Waals surface area contributed by atoms with Crippen molar-refractivity contribution in [1.29, 1.82) is 0 Å². The predicted molar refractivity (Wildman–Crippen MR) is 99.4 cm³/mol. The molecule has 0 aliphatic heterocycles. The van der Waals surface area contributed by atoms with Gasteiger partial charge in [-0.1, -0.05) is 13.2 Å². The maximum Gasteiger partial charge on any atom is 0.338 e. The summed E-state index contributed by atoms with van der Waals surface area (Å²) >= 11 is 0. The minimum atomic E-state index is -0.495. The third-order valence-corrected chi connectivity index (χ3v) is 3.92. The SMILES string of the molecule is C=C(C)C(=O)Oc1ccc2c(c1)oc1c(C)c(OC(=O)C(=C)C)ccc12. The van der Waals surface area contributed by atoms with Gasteiger partial charge in [0.15, 0.2) is 0 Å². The summed E-state index contributed by atoms with van der Waals surface area (Å²) in [5, 5.41) is 1.75. The predicted octanol–water partition coefficient (Wildman–Crippen LogP) is 4.86. The Morgan fingerprint density at radius 3 is 2.19 bits per heavy atom. The summed E-state index contributed by atoms with van der Waals surface area (Å²) in [6, 6.07) is 8.72. The molecule has 3 rings (SSSR count). The topological polar surface area (TPSA) is 65.7 Å². The zero-order valence-electron chi connectivity index (χ0n) is 14.8. The van der Waals surface area contributed by atoms with Crippen LogP contribution in [0.2, 0.25) is 0 Å². The van der Waals surface area contributed by atoms with Crippen molar-refractivity contribution in [2.45, 2.75) is 20.8 Å². The number of aryl methyl sites for hydroxylation is 1. The Labute approximate surface area is 150 Å². The van der Waals surface area contributed by atoms with E-state index < -0.39 is 11.9 Å². The number of furan rings is 1. The lowest BCUT2D eigenvalue weighted by molar-refractivity contribution is -0.130. The fourth-order valence-electron chi connectivity index (χ4n) is 2.49. The first-order valence-electron chi connectivity index (χ1n) is 7.99. The molecule has 0 aliphatic carbocycles. The van der Waals surface area contributed by atoms with Gasteiger partial charge in [0.1, 0.15) is 22.7 Å². The van der Waals surface area contributed by atoms with Crippen molar-refractivity contribution in [3.8, 4) is 11.5 Å². The molecule has 1 aromatic heterocycles. The standard InChI is InChI=1S/C21H18O5/c1-11(2)20(22)24-14-6-7-15-16-8-9-17(26-21(23)12(3)4)13(5)19(16)25-18(15)10-14/h6-10H,1,3H2,2,4-5H3. The minimum Gasteiger partial charge on any atom is -0.455 e. The van der Waals surface area contributed by atoms with E-state index in [-0.39, 0.29) is 0 Å². The van der Waals surface area contributed by atoms with Crippen molar-refractivity contribution in [3.05, 3.63) is 60.2 Å². The van der Waals surface area contributed by atoms with Crippen LogP contribution in [0, 0.1) is 6.92 Å². The number of fused-ring (bicyclic) bond motifs is 3. The minimum absolute atomic E-state index is 0.314. The highest BCUT2D eigenvalue weighted by molar-refractivity contribution is 6.07. The third-order valence-electron chi connectivity index (χ3n) is 3.92. The van der Waals surface area contributed by atoms with Crippen molar-refractivity contribution >= 4 is 33.9 Å². The Morgan fingerprint density at radius 2 is 1.54 bits per heavy atom. The summed E-state index contributed by atoms with van der Waals surface area (Å²) in [6.07, 6.45) is 0. The molecular weight excluding hydrogens is 332 g/mol. The lowest BCUT2D eigenvalue weighted by Gasteiger charge is -2.07. The highest BCUT2D eigenvalue weighted by Gasteiger charge is 2.16. The second kappa shape index (κ2) is 6.52. The highest BCUT2D eigenvalue weighted by Crippen LogP contribution is 2.36. The van der Waals surface area contributed by atoms with Crippen LogP contribution in [0.5, 0.6) is 11.5 Å². The van der Waals surface area contributed by atoms with Crippen LogP contribution in [0.1, 0.15) is 19.4 Å². The number of hydrogen-bond acceptors (Lipinski definition) is 5. The Balaban J connectivity index is 2.05. The number of carbonyl (C=O) groups is 2. The largest absolute Gasteiger partial charge is 0.455 e. The van der Waals surface area contributed by atoms with Crippen LogP contribution in [-0.2, 0) is 9.59 Å². The van der Waals surface area contributed by atoms with Gasteiger partial charge in [-0.25, -0.2) is 9.59 Å². The van der Waals surface area contributed by atoms with E-state index in [0.717, 1.165) is 10.8 Å². The highest BCUT2D eigenvalue weighted by atomic mass is 16.5. The Morgan fingerprint density at radius 1 is 0.923 bits per heavy atom. The van der Waals surface area contributed by atoms with Gasteiger partial charge in [0.2, 0.25) is 0 Å². The Kier molecular flexibility index (Phi) is 4.38. The van der Waals surface area contributed by atoms with Gasteiger partial charge in [-0.3, -0.25) is 0 Å². The molecule has 3 aromatic rings. The quantitative estimate of drug-likeness (QED) is 0.382. The van der Waals surface area contributed by atoms with Gasteiger partial charge in [0.25, 0.3) is 0 Å². The molecule has 5 heteroatoms. The van der Waals surface area contributed by atoms with Gasteiger partial charge >= 0.3 is 11.9 Å². The van der Waals surface area contributed by atoms with E-state index in [1.807, 2.05) is 19.1 Å². The summed E-state index contributed by atoms with van der Waals surface area (Å²) in [6.45, 7) is 12.1. The van der Waals surface area contributed by atoms with Gasteiger partial charge < -0.3 is 13.9 Å². The lowest BCUT2D eigenvalue weighted by Crippen LogP contribution is -2.08. The van der Waals surface area contributed by atoms with Gasteiger partial charge in [-0.2, -0.15) is 0 Å². The summed E-state index contributed by atoms with van der Waals surface area (Å²) < 4.78 is 16.5. The van der Waals surface area contributed by atoms with Crippen LogP contribution in [0.3, 0.4) is 0 Å². The van der Waals surface area contributed by atoms with Gasteiger partial charge in [-0.05, 0) is 45.0 Å². The zero-order chi connectivity index (χ0) is 19.0. The molecular formula is C21H18O5. The van der Waals surface area contributed by atoms with Crippen LogP contribution in [-0.4, -0.2) is 11.9 Å². The molecule has 0 aliphatic rings. The maximum atomic E-state index is 11.8. The van der Waals surface area contributed by atoms with Gasteiger partial charge in [-0.15, -0.1) is 0 Å². The molecule has 0 spiro atoms. The van der Waals surface area contributed by atoms with Crippen molar-refractivity contribution in [3.63, 3.8) is 0 Å². The van der Waals surface area contributed by atoms with E-state index >= 15 is 0 Å². The maximum absolute atomic E-state index is 11.8. The van der Waals surface area contributed by atoms with Crippen molar-refractivity contribution in [2.75, 3.05) is 0 Å². The molecule has 0 amide bonds. The first-order chi connectivity index (χ1) is 12.3. The van der Waals surface area contributed by atoms with Crippen molar-refractivity contribution in [1.82, 2.24) is 0 Å². The van der Waals surface area contributed by atoms with Crippen LogP contribution in [0.25, 0.3) is 21.9 Å². The number of rotatable bonds is 4. The van der Waals surface area contributed by atoms with E-state index in [1.54, 1.807) is 32.0 Å². The monoisotopic (exact) mass is 350 g/mol. The summed E-state index contributed by atoms with van der Waals surface area (Å²) in [7, 11) is 0. The molecule has 1 heterocycles. The van der Waals surface area contributed by atoms with Crippen molar-refractivity contribution < 1.29 is 23.5 Å². The molecule has 26 heavy (non-hydrogen) atoms. The molecule has 0 unspecified atom stereocenters. The molecule has 0 radical (unpaired) electrons. The second-order valence-electron chi connectivity index (χ2n) is 6.17. The summed E-state index contributed by atoms with van der Waals surface area (Å²) in [5.41, 5.74) is 2.51. The van der Waals surface area contributed by atoms with Crippen molar-refractivity contribution in [2.24, 2.45) is 0 Å². The smallest absolute Gasteiger partial charge is 0.338 e. The fourth-order valence-corrected chi connectivity index (χ4v) is 2.49. The van der Waals surface area contributed by atoms with Crippen LogP contribution in [0.15, 0.2) is 59.1 Å². The summed E-state index contributed by atoms with van der Waals surface area (Å²) in [5.74, 6) is -0.196. The van der Waals surface area contributed by atoms with E-state index in [9.17, 15) is 9.59 Å². The number of ether oxygens (including phenoxy) is 2.